The second-order valence-electron chi connectivity index (χ2n) is 4.27. The van der Waals surface area contributed by atoms with Crippen LogP contribution in [0.15, 0.2) is 24.3 Å². The predicted molar refractivity (Wildman–Crippen MR) is 70.8 cm³/mol. The fourth-order valence-electron chi connectivity index (χ4n) is 1.54. The lowest BCUT2D eigenvalue weighted by molar-refractivity contribution is -0.120. The predicted octanol–water partition coefficient (Wildman–Crippen LogP) is 1.68. The number of rotatable bonds is 6. The summed E-state index contributed by atoms with van der Waals surface area (Å²) >= 11 is 0. The molecule has 0 spiro atoms. The molecule has 0 aliphatic heterocycles. The molecule has 0 aliphatic rings. The van der Waals surface area contributed by atoms with Crippen molar-refractivity contribution in [1.82, 2.24) is 10.6 Å². The summed E-state index contributed by atoms with van der Waals surface area (Å²) < 4.78 is 0. The van der Waals surface area contributed by atoms with Crippen molar-refractivity contribution in [3.8, 4) is 6.07 Å². The summed E-state index contributed by atoms with van der Waals surface area (Å²) in [6.07, 6.45) is 0.346. The van der Waals surface area contributed by atoms with Crippen molar-refractivity contribution >= 4 is 5.91 Å². The van der Waals surface area contributed by atoms with E-state index < -0.39 is 0 Å². The average Bonchev–Trinajstić information content (AvgIpc) is 2.37. The number of benzene rings is 1. The smallest absolute Gasteiger partial charge is 0.234 e. The minimum absolute atomic E-state index is 0.0794. The van der Waals surface area contributed by atoms with Gasteiger partial charge in [-0.1, -0.05) is 29.8 Å². The SMILES string of the molecule is Cc1ccc([C@@H](C)NCC(=O)NCCC#N)cc1. The third kappa shape index (κ3) is 4.98. The molecule has 1 rings (SSSR count). The van der Waals surface area contributed by atoms with E-state index >= 15 is 0 Å². The first-order chi connectivity index (χ1) is 8.63. The summed E-state index contributed by atoms with van der Waals surface area (Å²) in [4.78, 5) is 11.4. The van der Waals surface area contributed by atoms with Crippen LogP contribution in [0.1, 0.15) is 30.5 Å². The zero-order valence-corrected chi connectivity index (χ0v) is 10.9. The van der Waals surface area contributed by atoms with Gasteiger partial charge in [0.2, 0.25) is 5.91 Å². The Kier molecular flexibility index (Phi) is 5.89. The average molecular weight is 245 g/mol. The maximum absolute atomic E-state index is 11.4. The molecule has 1 amide bonds. The highest BCUT2D eigenvalue weighted by molar-refractivity contribution is 5.78. The van der Waals surface area contributed by atoms with Gasteiger partial charge >= 0.3 is 0 Å². The van der Waals surface area contributed by atoms with E-state index in [9.17, 15) is 4.79 Å². The maximum Gasteiger partial charge on any atom is 0.234 e. The number of aryl methyl sites for hydroxylation is 1. The van der Waals surface area contributed by atoms with Crippen LogP contribution in [0.3, 0.4) is 0 Å². The number of nitriles is 1. The third-order valence-corrected chi connectivity index (χ3v) is 2.71. The van der Waals surface area contributed by atoms with Crippen LogP contribution in [-0.2, 0) is 4.79 Å². The monoisotopic (exact) mass is 245 g/mol. The quantitative estimate of drug-likeness (QED) is 0.749. The van der Waals surface area contributed by atoms with Gasteiger partial charge < -0.3 is 10.6 Å². The van der Waals surface area contributed by atoms with Crippen LogP contribution in [-0.4, -0.2) is 19.0 Å². The molecule has 1 aromatic carbocycles. The summed E-state index contributed by atoms with van der Waals surface area (Å²) in [5, 5.41) is 14.2. The molecular weight excluding hydrogens is 226 g/mol. The van der Waals surface area contributed by atoms with Crippen LogP contribution in [0.4, 0.5) is 0 Å². The molecular formula is C14H19N3O. The van der Waals surface area contributed by atoms with Gasteiger partial charge in [-0.05, 0) is 19.4 Å². The Morgan fingerprint density at radius 2 is 2.06 bits per heavy atom. The maximum atomic E-state index is 11.4. The number of nitrogens with zero attached hydrogens (tertiary/aromatic N) is 1. The van der Waals surface area contributed by atoms with Gasteiger partial charge in [-0.2, -0.15) is 5.26 Å². The Morgan fingerprint density at radius 1 is 1.39 bits per heavy atom. The first kappa shape index (κ1) is 14.2. The molecule has 0 fully saturated rings. The molecule has 4 nitrogen and oxygen atoms in total. The van der Waals surface area contributed by atoms with Crippen LogP contribution in [0.2, 0.25) is 0 Å². The number of carbonyl (C=O) groups excluding carboxylic acids is 1. The van der Waals surface area contributed by atoms with Gasteiger partial charge in [0.05, 0.1) is 19.0 Å². The normalized spacial score (nSPS) is 11.6. The van der Waals surface area contributed by atoms with E-state index in [0.29, 0.717) is 13.0 Å². The van der Waals surface area contributed by atoms with Crippen molar-refractivity contribution in [2.75, 3.05) is 13.1 Å². The molecule has 1 atom stereocenters. The van der Waals surface area contributed by atoms with Crippen molar-refractivity contribution in [3.63, 3.8) is 0 Å². The third-order valence-electron chi connectivity index (χ3n) is 2.71. The lowest BCUT2D eigenvalue weighted by atomic mass is 10.1. The number of amides is 1. The molecule has 0 radical (unpaired) electrons. The summed E-state index contributed by atoms with van der Waals surface area (Å²) in [6.45, 7) is 4.74. The van der Waals surface area contributed by atoms with Crippen molar-refractivity contribution in [3.05, 3.63) is 35.4 Å². The van der Waals surface area contributed by atoms with Gasteiger partial charge in [0, 0.05) is 12.6 Å². The van der Waals surface area contributed by atoms with Gasteiger partial charge in [0.25, 0.3) is 0 Å². The number of carbonyl (C=O) groups is 1. The van der Waals surface area contributed by atoms with Gasteiger partial charge in [0.1, 0.15) is 0 Å². The van der Waals surface area contributed by atoms with Crippen molar-refractivity contribution in [1.29, 1.82) is 5.26 Å². The molecule has 18 heavy (non-hydrogen) atoms. The van der Waals surface area contributed by atoms with E-state index in [1.54, 1.807) is 0 Å². The Morgan fingerprint density at radius 3 is 2.67 bits per heavy atom. The summed E-state index contributed by atoms with van der Waals surface area (Å²) in [5.41, 5.74) is 2.38. The van der Waals surface area contributed by atoms with E-state index in [1.165, 1.54) is 5.56 Å². The van der Waals surface area contributed by atoms with E-state index in [0.717, 1.165) is 5.56 Å². The highest BCUT2D eigenvalue weighted by atomic mass is 16.1. The van der Waals surface area contributed by atoms with Crippen LogP contribution in [0, 0.1) is 18.3 Å². The van der Waals surface area contributed by atoms with Gasteiger partial charge in [-0.15, -0.1) is 0 Å². The number of hydrogen-bond donors (Lipinski definition) is 2. The minimum atomic E-state index is -0.0794. The molecule has 0 unspecified atom stereocenters. The molecule has 0 aliphatic carbocycles. The number of nitrogens with one attached hydrogen (secondary N) is 2. The lowest BCUT2D eigenvalue weighted by Gasteiger charge is -2.14. The van der Waals surface area contributed by atoms with E-state index in [1.807, 2.05) is 19.9 Å². The van der Waals surface area contributed by atoms with Crippen LogP contribution in [0.5, 0.6) is 0 Å². The molecule has 0 bridgehead atoms. The Balaban J connectivity index is 2.32. The standard InChI is InChI=1S/C14H19N3O/c1-11-4-6-13(7-5-11)12(2)17-10-14(18)16-9-3-8-15/h4-7,12,17H,3,9-10H2,1-2H3,(H,16,18)/t12-/m1/s1. The Hall–Kier alpha value is -1.86. The zero-order valence-electron chi connectivity index (χ0n) is 10.9. The van der Waals surface area contributed by atoms with E-state index in [4.69, 9.17) is 5.26 Å². The molecule has 0 saturated heterocycles. The molecule has 4 heteroatoms. The Bertz CT molecular complexity index is 420. The first-order valence-corrected chi connectivity index (χ1v) is 6.07. The fourth-order valence-corrected chi connectivity index (χ4v) is 1.54. The van der Waals surface area contributed by atoms with E-state index in [2.05, 4.69) is 34.9 Å². The largest absolute Gasteiger partial charge is 0.354 e. The minimum Gasteiger partial charge on any atom is -0.354 e. The van der Waals surface area contributed by atoms with Crippen LogP contribution in [0.25, 0.3) is 0 Å². The van der Waals surface area contributed by atoms with Crippen molar-refractivity contribution < 1.29 is 4.79 Å². The van der Waals surface area contributed by atoms with Crippen molar-refractivity contribution in [2.45, 2.75) is 26.3 Å². The number of hydrogen-bond acceptors (Lipinski definition) is 3. The Labute approximate surface area is 108 Å². The highest BCUT2D eigenvalue weighted by Crippen LogP contribution is 2.12. The highest BCUT2D eigenvalue weighted by Gasteiger charge is 2.06. The zero-order chi connectivity index (χ0) is 13.4. The molecule has 0 saturated carbocycles. The van der Waals surface area contributed by atoms with Gasteiger partial charge in [-0.25, -0.2) is 0 Å². The van der Waals surface area contributed by atoms with E-state index in [-0.39, 0.29) is 18.5 Å². The molecule has 0 aromatic heterocycles. The van der Waals surface area contributed by atoms with Gasteiger partial charge in [-0.3, -0.25) is 4.79 Å². The van der Waals surface area contributed by atoms with Crippen LogP contribution < -0.4 is 10.6 Å². The lowest BCUT2D eigenvalue weighted by Crippen LogP contribution is -2.35. The summed E-state index contributed by atoms with van der Waals surface area (Å²) in [5.74, 6) is -0.0794. The topological polar surface area (TPSA) is 64.9 Å². The molecule has 1 aromatic rings. The second kappa shape index (κ2) is 7.46. The van der Waals surface area contributed by atoms with Gasteiger partial charge in [0.15, 0.2) is 0 Å². The summed E-state index contributed by atoms with van der Waals surface area (Å²) in [6, 6.07) is 10.3. The summed E-state index contributed by atoms with van der Waals surface area (Å²) in [7, 11) is 0. The molecule has 96 valence electrons. The van der Waals surface area contributed by atoms with Crippen molar-refractivity contribution in [2.24, 2.45) is 0 Å². The second-order valence-corrected chi connectivity index (χ2v) is 4.27. The van der Waals surface area contributed by atoms with Crippen LogP contribution >= 0.6 is 0 Å². The molecule has 2 N–H and O–H groups in total. The molecule has 0 heterocycles. The first-order valence-electron chi connectivity index (χ1n) is 6.07. The fraction of sp³-hybridized carbons (Fsp3) is 0.429.